The second-order valence-electron chi connectivity index (χ2n) is 5.84. The smallest absolute Gasteiger partial charge is 0.322 e. The summed E-state index contributed by atoms with van der Waals surface area (Å²) in [6, 6.07) is 7.34. The van der Waals surface area contributed by atoms with Gasteiger partial charge in [0.25, 0.3) is 5.91 Å². The molecule has 0 radical (unpaired) electrons. The maximum Gasteiger partial charge on any atom is 0.322 e. The van der Waals surface area contributed by atoms with Crippen LogP contribution in [0.4, 0.5) is 14.9 Å². The summed E-state index contributed by atoms with van der Waals surface area (Å²) in [4.78, 5) is 30.1. The molecule has 0 spiro atoms. The summed E-state index contributed by atoms with van der Waals surface area (Å²) in [7, 11) is 1.42. The molecular formula is C19H23FN4O2. The van der Waals surface area contributed by atoms with Crippen LogP contribution in [-0.4, -0.2) is 35.4 Å². The third-order valence-corrected chi connectivity index (χ3v) is 3.85. The van der Waals surface area contributed by atoms with Gasteiger partial charge in [-0.15, -0.1) is 0 Å². The van der Waals surface area contributed by atoms with E-state index in [9.17, 15) is 14.0 Å². The van der Waals surface area contributed by atoms with Crippen molar-refractivity contribution in [2.45, 2.75) is 26.3 Å². The molecule has 0 fully saturated rings. The van der Waals surface area contributed by atoms with E-state index in [1.165, 1.54) is 19.2 Å². The van der Waals surface area contributed by atoms with E-state index in [-0.39, 0.29) is 11.6 Å². The van der Waals surface area contributed by atoms with E-state index in [0.717, 1.165) is 24.5 Å². The Morgan fingerprint density at radius 1 is 1.27 bits per heavy atom. The predicted molar refractivity (Wildman–Crippen MR) is 98.4 cm³/mol. The Morgan fingerprint density at radius 2 is 2.08 bits per heavy atom. The first-order valence-corrected chi connectivity index (χ1v) is 8.51. The first-order chi connectivity index (χ1) is 12.5. The lowest BCUT2D eigenvalue weighted by molar-refractivity contribution is 0.0959. The van der Waals surface area contributed by atoms with E-state index in [2.05, 4.69) is 22.5 Å². The molecule has 0 atom stereocenters. The van der Waals surface area contributed by atoms with Crippen molar-refractivity contribution < 1.29 is 14.0 Å². The van der Waals surface area contributed by atoms with Crippen molar-refractivity contribution in [3.8, 4) is 0 Å². The third kappa shape index (κ3) is 5.27. The molecule has 138 valence electrons. The lowest BCUT2D eigenvalue weighted by Crippen LogP contribution is -2.35. The second kappa shape index (κ2) is 9.50. The number of benzene rings is 1. The van der Waals surface area contributed by atoms with E-state index >= 15 is 0 Å². The minimum absolute atomic E-state index is 0.113. The molecule has 0 aliphatic rings. The van der Waals surface area contributed by atoms with Gasteiger partial charge >= 0.3 is 6.03 Å². The highest BCUT2D eigenvalue weighted by atomic mass is 19.1. The number of hydrogen-bond acceptors (Lipinski definition) is 3. The van der Waals surface area contributed by atoms with Crippen LogP contribution in [0.25, 0.3) is 0 Å². The number of hydrogen-bond donors (Lipinski definition) is 2. The molecule has 0 aliphatic heterocycles. The standard InChI is InChI=1S/C19H23FN4O2/c1-3-4-10-24(13-14-6-5-9-22-12-14)19(26)23-15-7-8-17(20)16(11-15)18(25)21-2/h5-9,11-12H,3-4,10,13H2,1-2H3,(H,21,25)(H,23,26). The fourth-order valence-corrected chi connectivity index (χ4v) is 2.43. The number of carbonyl (C=O) groups excluding carboxylic acids is 2. The van der Waals surface area contributed by atoms with Crippen LogP contribution in [0.3, 0.4) is 0 Å². The van der Waals surface area contributed by atoms with Crippen LogP contribution in [0.5, 0.6) is 0 Å². The van der Waals surface area contributed by atoms with Crippen LogP contribution in [0.1, 0.15) is 35.7 Å². The molecule has 1 aromatic heterocycles. The highest BCUT2D eigenvalue weighted by Crippen LogP contribution is 2.16. The fraction of sp³-hybridized carbons (Fsp3) is 0.316. The number of rotatable bonds is 7. The zero-order chi connectivity index (χ0) is 18.9. The number of amides is 3. The van der Waals surface area contributed by atoms with Crippen LogP contribution in [0.2, 0.25) is 0 Å². The second-order valence-corrected chi connectivity index (χ2v) is 5.84. The number of anilines is 1. The highest BCUT2D eigenvalue weighted by molar-refractivity contribution is 5.97. The number of aromatic nitrogens is 1. The zero-order valence-electron chi connectivity index (χ0n) is 15.0. The summed E-state index contributed by atoms with van der Waals surface area (Å²) in [6.45, 7) is 3.06. The van der Waals surface area contributed by atoms with Crippen molar-refractivity contribution in [3.05, 3.63) is 59.7 Å². The van der Waals surface area contributed by atoms with E-state index in [1.54, 1.807) is 17.3 Å². The van der Waals surface area contributed by atoms with Gasteiger partial charge in [-0.05, 0) is 36.2 Å². The summed E-state index contributed by atoms with van der Waals surface area (Å²) in [5.41, 5.74) is 1.17. The molecule has 3 amide bonds. The molecule has 6 nitrogen and oxygen atoms in total. The van der Waals surface area contributed by atoms with Gasteiger partial charge in [0.15, 0.2) is 0 Å². The lowest BCUT2D eigenvalue weighted by Gasteiger charge is -2.23. The Labute approximate surface area is 152 Å². The predicted octanol–water partition coefficient (Wildman–Crippen LogP) is 3.41. The first kappa shape index (κ1) is 19.4. The van der Waals surface area contributed by atoms with Gasteiger partial charge in [0, 0.05) is 38.2 Å². The zero-order valence-corrected chi connectivity index (χ0v) is 15.0. The lowest BCUT2D eigenvalue weighted by atomic mass is 10.1. The molecule has 0 saturated heterocycles. The van der Waals surface area contributed by atoms with Gasteiger partial charge in [0.05, 0.1) is 5.56 Å². The minimum atomic E-state index is -0.638. The van der Waals surface area contributed by atoms with E-state index in [0.29, 0.717) is 18.8 Å². The van der Waals surface area contributed by atoms with Gasteiger partial charge in [-0.2, -0.15) is 0 Å². The third-order valence-electron chi connectivity index (χ3n) is 3.85. The number of nitrogens with zero attached hydrogens (tertiary/aromatic N) is 2. The summed E-state index contributed by atoms with van der Waals surface area (Å²) < 4.78 is 13.8. The van der Waals surface area contributed by atoms with Gasteiger partial charge in [-0.25, -0.2) is 9.18 Å². The minimum Gasteiger partial charge on any atom is -0.355 e. The molecule has 26 heavy (non-hydrogen) atoms. The summed E-state index contributed by atoms with van der Waals surface area (Å²) >= 11 is 0. The monoisotopic (exact) mass is 358 g/mol. The maximum atomic E-state index is 13.8. The van der Waals surface area contributed by atoms with Gasteiger partial charge < -0.3 is 15.5 Å². The van der Waals surface area contributed by atoms with Gasteiger partial charge in [-0.3, -0.25) is 9.78 Å². The molecule has 7 heteroatoms. The normalized spacial score (nSPS) is 10.3. The van der Waals surface area contributed by atoms with Crippen molar-refractivity contribution in [3.63, 3.8) is 0 Å². The van der Waals surface area contributed by atoms with E-state index in [4.69, 9.17) is 0 Å². The molecule has 1 aromatic carbocycles. The van der Waals surface area contributed by atoms with Crippen molar-refractivity contribution >= 4 is 17.6 Å². The molecule has 0 unspecified atom stereocenters. The number of unbranched alkanes of at least 4 members (excludes halogenated alkanes) is 1. The topological polar surface area (TPSA) is 74.3 Å². The quantitative estimate of drug-likeness (QED) is 0.796. The van der Waals surface area contributed by atoms with Crippen molar-refractivity contribution in [1.29, 1.82) is 0 Å². The van der Waals surface area contributed by atoms with Gasteiger partial charge in [-0.1, -0.05) is 19.4 Å². The first-order valence-electron chi connectivity index (χ1n) is 8.51. The van der Waals surface area contributed by atoms with Crippen LogP contribution in [0, 0.1) is 5.82 Å². The largest absolute Gasteiger partial charge is 0.355 e. The number of halogens is 1. The summed E-state index contributed by atoms with van der Waals surface area (Å²) in [5.74, 6) is -1.18. The molecule has 0 bridgehead atoms. The fourth-order valence-electron chi connectivity index (χ4n) is 2.43. The number of nitrogens with one attached hydrogen (secondary N) is 2. The maximum absolute atomic E-state index is 13.8. The van der Waals surface area contributed by atoms with Crippen molar-refractivity contribution in [2.75, 3.05) is 18.9 Å². The Hall–Kier alpha value is -2.96. The Balaban J connectivity index is 2.14. The molecule has 2 rings (SSSR count). The molecule has 2 N–H and O–H groups in total. The molecule has 2 aromatic rings. The Morgan fingerprint density at radius 3 is 2.73 bits per heavy atom. The average Bonchev–Trinajstić information content (AvgIpc) is 2.66. The van der Waals surface area contributed by atoms with Crippen molar-refractivity contribution in [2.24, 2.45) is 0 Å². The molecule has 0 saturated carbocycles. The highest BCUT2D eigenvalue weighted by Gasteiger charge is 2.16. The SMILES string of the molecule is CCCCN(Cc1cccnc1)C(=O)Nc1ccc(F)c(C(=O)NC)c1. The number of carbonyl (C=O) groups is 2. The Kier molecular flexibility index (Phi) is 7.08. The summed E-state index contributed by atoms with van der Waals surface area (Å²) in [5, 5.41) is 5.11. The number of urea groups is 1. The summed E-state index contributed by atoms with van der Waals surface area (Å²) in [6.07, 6.45) is 5.21. The van der Waals surface area contributed by atoms with Gasteiger partial charge in [0.1, 0.15) is 5.82 Å². The van der Waals surface area contributed by atoms with Crippen molar-refractivity contribution in [1.82, 2.24) is 15.2 Å². The molecule has 1 heterocycles. The van der Waals surface area contributed by atoms with E-state index < -0.39 is 11.7 Å². The molecule has 0 aliphatic carbocycles. The molecular weight excluding hydrogens is 335 g/mol. The van der Waals surface area contributed by atoms with Crippen LogP contribution in [0.15, 0.2) is 42.7 Å². The Bertz CT molecular complexity index is 752. The van der Waals surface area contributed by atoms with E-state index in [1.807, 2.05) is 12.1 Å². The van der Waals surface area contributed by atoms with Crippen LogP contribution in [-0.2, 0) is 6.54 Å². The number of pyridine rings is 1. The van der Waals surface area contributed by atoms with Crippen LogP contribution < -0.4 is 10.6 Å². The van der Waals surface area contributed by atoms with Gasteiger partial charge in [0.2, 0.25) is 0 Å². The van der Waals surface area contributed by atoms with Crippen LogP contribution >= 0.6 is 0 Å². The average molecular weight is 358 g/mol.